The second kappa shape index (κ2) is 9.08. The van der Waals surface area contributed by atoms with E-state index in [9.17, 15) is 22.8 Å². The molecule has 1 unspecified atom stereocenters. The SMILES string of the molecule is C=CC(=O)Nc1cnc(C2=CNCC(C(C)C(=O)Nc3ncc(C(F)(F)F)s3)=C2)cn1. The number of aromatic nitrogens is 3. The third-order valence-corrected chi connectivity index (χ3v) is 5.21. The van der Waals surface area contributed by atoms with Crippen LogP contribution in [0.3, 0.4) is 0 Å². The maximum Gasteiger partial charge on any atom is 0.427 e. The molecular weight excluding hydrogens is 433 g/mol. The van der Waals surface area contributed by atoms with Crippen molar-refractivity contribution in [2.45, 2.75) is 13.1 Å². The second-order valence-corrected chi connectivity index (χ2v) is 7.45. The number of halogens is 3. The van der Waals surface area contributed by atoms with Crippen LogP contribution >= 0.6 is 11.3 Å². The molecule has 3 heterocycles. The number of alkyl halides is 3. The summed E-state index contributed by atoms with van der Waals surface area (Å²) in [4.78, 5) is 34.9. The van der Waals surface area contributed by atoms with Crippen molar-refractivity contribution < 1.29 is 22.8 Å². The molecule has 3 N–H and O–H groups in total. The molecule has 1 aliphatic rings. The lowest BCUT2D eigenvalue weighted by atomic mass is 9.95. The van der Waals surface area contributed by atoms with Gasteiger partial charge in [0.05, 0.1) is 30.2 Å². The Kier molecular flexibility index (Phi) is 6.49. The second-order valence-electron chi connectivity index (χ2n) is 6.42. The van der Waals surface area contributed by atoms with Crippen LogP contribution in [-0.4, -0.2) is 33.3 Å². The molecule has 3 rings (SSSR count). The van der Waals surface area contributed by atoms with E-state index in [1.807, 2.05) is 0 Å². The Balaban J connectivity index is 1.69. The highest BCUT2D eigenvalue weighted by Gasteiger charge is 2.33. The first-order chi connectivity index (χ1) is 14.7. The number of dihydropyridines is 1. The number of nitrogens with zero attached hydrogens (tertiary/aromatic N) is 3. The van der Waals surface area contributed by atoms with Crippen LogP contribution in [-0.2, 0) is 15.8 Å². The van der Waals surface area contributed by atoms with Gasteiger partial charge in [-0.2, -0.15) is 13.2 Å². The Morgan fingerprint density at radius 1 is 1.23 bits per heavy atom. The highest BCUT2D eigenvalue weighted by atomic mass is 32.1. The molecule has 0 spiro atoms. The Morgan fingerprint density at radius 3 is 2.61 bits per heavy atom. The minimum Gasteiger partial charge on any atom is -0.387 e. The normalized spacial score (nSPS) is 14.6. The first kappa shape index (κ1) is 22.2. The minimum absolute atomic E-state index is 0.118. The third-order valence-electron chi connectivity index (χ3n) is 4.25. The van der Waals surface area contributed by atoms with Crippen LogP contribution in [0, 0.1) is 5.92 Å². The van der Waals surface area contributed by atoms with E-state index in [1.54, 1.807) is 19.2 Å². The van der Waals surface area contributed by atoms with Crippen LogP contribution in [0.1, 0.15) is 17.5 Å². The monoisotopic (exact) mass is 450 g/mol. The summed E-state index contributed by atoms with van der Waals surface area (Å²) in [7, 11) is 0. The third kappa shape index (κ3) is 5.54. The maximum atomic E-state index is 12.7. The number of hydrogen-bond donors (Lipinski definition) is 3. The molecule has 1 atom stereocenters. The molecule has 0 bridgehead atoms. The molecule has 0 fully saturated rings. The Hall–Kier alpha value is -3.54. The van der Waals surface area contributed by atoms with E-state index >= 15 is 0 Å². The van der Waals surface area contributed by atoms with Gasteiger partial charge >= 0.3 is 6.18 Å². The van der Waals surface area contributed by atoms with Crippen molar-refractivity contribution in [2.75, 3.05) is 17.2 Å². The fraction of sp³-hybridized carbons (Fsp3) is 0.211. The van der Waals surface area contributed by atoms with Crippen molar-refractivity contribution >= 4 is 39.7 Å². The van der Waals surface area contributed by atoms with Crippen molar-refractivity contribution in [1.82, 2.24) is 20.3 Å². The van der Waals surface area contributed by atoms with Crippen molar-refractivity contribution in [3.8, 4) is 0 Å². The summed E-state index contributed by atoms with van der Waals surface area (Å²) >= 11 is 0.368. The lowest BCUT2D eigenvalue weighted by molar-refractivity contribution is -0.134. The summed E-state index contributed by atoms with van der Waals surface area (Å²) in [6.07, 6.45) is 3.60. The number of rotatable bonds is 6. The summed E-state index contributed by atoms with van der Waals surface area (Å²) in [5, 5.41) is 7.83. The summed E-state index contributed by atoms with van der Waals surface area (Å²) in [5.41, 5.74) is 1.86. The lowest BCUT2D eigenvalue weighted by Crippen LogP contribution is -2.27. The number of anilines is 2. The fourth-order valence-electron chi connectivity index (χ4n) is 2.56. The Morgan fingerprint density at radius 2 is 2.00 bits per heavy atom. The summed E-state index contributed by atoms with van der Waals surface area (Å²) in [6.45, 7) is 5.38. The van der Waals surface area contributed by atoms with Gasteiger partial charge < -0.3 is 16.0 Å². The zero-order chi connectivity index (χ0) is 22.6. The van der Waals surface area contributed by atoms with Crippen LogP contribution in [0.5, 0.6) is 0 Å². The van der Waals surface area contributed by atoms with E-state index in [0.717, 1.165) is 6.08 Å². The molecule has 31 heavy (non-hydrogen) atoms. The highest BCUT2D eigenvalue weighted by molar-refractivity contribution is 7.15. The van der Waals surface area contributed by atoms with Gasteiger partial charge in [0.15, 0.2) is 10.9 Å². The van der Waals surface area contributed by atoms with E-state index < -0.39 is 28.8 Å². The molecule has 0 saturated heterocycles. The Labute approximate surface area is 179 Å². The van der Waals surface area contributed by atoms with Gasteiger partial charge in [-0.1, -0.05) is 17.9 Å². The molecule has 0 radical (unpaired) electrons. The van der Waals surface area contributed by atoms with Crippen LogP contribution in [0.2, 0.25) is 0 Å². The number of amides is 2. The van der Waals surface area contributed by atoms with E-state index in [0.29, 0.717) is 40.9 Å². The van der Waals surface area contributed by atoms with Crippen LogP contribution < -0.4 is 16.0 Å². The number of allylic oxidation sites excluding steroid dienone is 2. The van der Waals surface area contributed by atoms with E-state index in [-0.39, 0.29) is 10.9 Å². The van der Waals surface area contributed by atoms with Gasteiger partial charge in [-0.25, -0.2) is 9.97 Å². The first-order valence-electron chi connectivity index (χ1n) is 8.91. The van der Waals surface area contributed by atoms with Crippen molar-refractivity contribution in [1.29, 1.82) is 0 Å². The predicted molar refractivity (Wildman–Crippen MR) is 110 cm³/mol. The molecule has 1 aliphatic heterocycles. The quantitative estimate of drug-likeness (QED) is 0.583. The van der Waals surface area contributed by atoms with Crippen molar-refractivity contribution in [3.63, 3.8) is 0 Å². The van der Waals surface area contributed by atoms with E-state index in [2.05, 4.69) is 37.5 Å². The van der Waals surface area contributed by atoms with Gasteiger partial charge in [0.25, 0.3) is 0 Å². The largest absolute Gasteiger partial charge is 0.427 e. The van der Waals surface area contributed by atoms with Crippen LogP contribution in [0.15, 0.2) is 49.1 Å². The summed E-state index contributed by atoms with van der Waals surface area (Å²) in [6, 6.07) is 0. The molecule has 2 amide bonds. The molecule has 12 heteroatoms. The minimum atomic E-state index is -4.51. The maximum absolute atomic E-state index is 12.7. The van der Waals surface area contributed by atoms with Crippen molar-refractivity contribution in [3.05, 3.63) is 59.7 Å². The van der Waals surface area contributed by atoms with Gasteiger partial charge in [-0.15, -0.1) is 0 Å². The standard InChI is InChI=1S/C19H17F3N6O2S/c1-3-16(29)27-15-9-24-13(7-25-15)12-4-11(5-23-6-12)10(2)17(30)28-18-26-8-14(31-18)19(20,21)22/h3-4,6-10,23H,1,5H2,2H3,(H,25,27,29)(H,26,28,30). The van der Waals surface area contributed by atoms with Gasteiger partial charge in [0.1, 0.15) is 4.88 Å². The predicted octanol–water partition coefficient (Wildman–Crippen LogP) is 3.22. The lowest BCUT2D eigenvalue weighted by Gasteiger charge is -2.20. The first-order valence-corrected chi connectivity index (χ1v) is 9.72. The van der Waals surface area contributed by atoms with Gasteiger partial charge in [0, 0.05) is 18.3 Å². The Bertz CT molecular complexity index is 1060. The summed E-state index contributed by atoms with van der Waals surface area (Å²) in [5.74, 6) is -1.26. The number of hydrogen-bond acceptors (Lipinski definition) is 7. The number of carbonyl (C=O) groups is 2. The van der Waals surface area contributed by atoms with E-state index in [1.165, 1.54) is 12.4 Å². The molecule has 2 aromatic rings. The molecule has 2 aromatic heterocycles. The molecule has 0 saturated carbocycles. The van der Waals surface area contributed by atoms with Crippen molar-refractivity contribution in [2.24, 2.45) is 5.92 Å². The highest BCUT2D eigenvalue weighted by Crippen LogP contribution is 2.35. The number of nitrogens with one attached hydrogen (secondary N) is 3. The van der Waals surface area contributed by atoms with Crippen LogP contribution in [0.25, 0.3) is 5.57 Å². The van der Waals surface area contributed by atoms with E-state index in [4.69, 9.17) is 0 Å². The average Bonchev–Trinajstić information content (AvgIpc) is 3.23. The smallest absolute Gasteiger partial charge is 0.387 e. The average molecular weight is 450 g/mol. The molecule has 162 valence electrons. The molecule has 0 aromatic carbocycles. The van der Waals surface area contributed by atoms with Gasteiger partial charge in [-0.05, 0) is 24.6 Å². The zero-order valence-electron chi connectivity index (χ0n) is 16.2. The molecule has 8 nitrogen and oxygen atoms in total. The van der Waals surface area contributed by atoms with Gasteiger partial charge in [0.2, 0.25) is 11.8 Å². The van der Waals surface area contributed by atoms with Gasteiger partial charge in [-0.3, -0.25) is 14.6 Å². The molecular formula is C19H17F3N6O2S. The number of thiazole rings is 1. The topological polar surface area (TPSA) is 109 Å². The molecule has 0 aliphatic carbocycles. The van der Waals surface area contributed by atoms with Crippen LogP contribution in [0.4, 0.5) is 24.1 Å². The fourth-order valence-corrected chi connectivity index (χ4v) is 3.25. The zero-order valence-corrected chi connectivity index (χ0v) is 17.0. The summed E-state index contributed by atoms with van der Waals surface area (Å²) < 4.78 is 38.1. The number of carbonyl (C=O) groups excluding carboxylic acids is 2.